The molecule has 0 aromatic carbocycles. The fourth-order valence-corrected chi connectivity index (χ4v) is 3.21. The van der Waals surface area contributed by atoms with Crippen molar-refractivity contribution in [2.45, 2.75) is 25.8 Å². The minimum Gasteiger partial charge on any atom is -0.384 e. The quantitative estimate of drug-likeness (QED) is 0.718. The first kappa shape index (κ1) is 22.9. The summed E-state index contributed by atoms with van der Waals surface area (Å²) in [4.78, 5) is 15.0. The molecule has 2 saturated heterocycles. The molecular weight excluding hydrogens is 341 g/mol. The van der Waals surface area contributed by atoms with Gasteiger partial charge in [-0.2, -0.15) is 0 Å². The van der Waals surface area contributed by atoms with Gasteiger partial charge in [0.2, 0.25) is 5.91 Å². The topological polar surface area (TPSA) is 62.8 Å². The molecule has 23 heavy (non-hydrogen) atoms. The third kappa shape index (κ3) is 6.72. The first-order valence-electron chi connectivity index (χ1n) is 7.97. The van der Waals surface area contributed by atoms with E-state index in [1.165, 1.54) is 0 Å². The highest BCUT2D eigenvalue weighted by Crippen LogP contribution is 2.29. The van der Waals surface area contributed by atoms with Crippen LogP contribution in [-0.2, 0) is 14.3 Å². The molecule has 138 valence electrons. The molecule has 0 radical (unpaired) electrons. The van der Waals surface area contributed by atoms with Crippen molar-refractivity contribution >= 4 is 30.7 Å². The van der Waals surface area contributed by atoms with Gasteiger partial charge in [0.15, 0.2) is 0 Å². The maximum Gasteiger partial charge on any atom is 0.228 e. The van der Waals surface area contributed by atoms with E-state index in [-0.39, 0.29) is 42.2 Å². The highest BCUT2D eigenvalue weighted by molar-refractivity contribution is 5.85. The summed E-state index contributed by atoms with van der Waals surface area (Å²) in [6.45, 7) is 8.72. The van der Waals surface area contributed by atoms with Crippen LogP contribution in [0.2, 0.25) is 0 Å². The number of halogens is 2. The summed E-state index contributed by atoms with van der Waals surface area (Å²) in [6, 6.07) is 0.152. The summed E-state index contributed by atoms with van der Waals surface area (Å²) in [5.74, 6) is 0.145. The molecule has 0 aromatic heterocycles. The molecule has 1 amide bonds. The van der Waals surface area contributed by atoms with E-state index in [0.29, 0.717) is 6.61 Å². The summed E-state index contributed by atoms with van der Waals surface area (Å²) in [7, 11) is 1.67. The zero-order valence-corrected chi connectivity index (χ0v) is 15.8. The van der Waals surface area contributed by atoms with Crippen LogP contribution in [-0.4, -0.2) is 76.5 Å². The van der Waals surface area contributed by atoms with E-state index in [9.17, 15) is 4.79 Å². The third-order valence-electron chi connectivity index (χ3n) is 4.48. The highest BCUT2D eigenvalue weighted by Gasteiger charge is 2.40. The van der Waals surface area contributed by atoms with Crippen molar-refractivity contribution in [1.29, 1.82) is 0 Å². The van der Waals surface area contributed by atoms with Crippen LogP contribution in [0.15, 0.2) is 0 Å². The SMILES string of the molecule is COCC1(C(=O)NC(C)CN2CCOCC2)CCNCC1.Cl.Cl. The summed E-state index contributed by atoms with van der Waals surface area (Å²) in [5.41, 5.74) is -0.362. The van der Waals surface area contributed by atoms with E-state index >= 15 is 0 Å². The van der Waals surface area contributed by atoms with Crippen molar-refractivity contribution in [3.8, 4) is 0 Å². The molecule has 0 bridgehead atoms. The molecule has 2 fully saturated rings. The van der Waals surface area contributed by atoms with Crippen LogP contribution < -0.4 is 10.6 Å². The number of morpholine rings is 1. The van der Waals surface area contributed by atoms with Gasteiger partial charge in [0.05, 0.1) is 25.2 Å². The Morgan fingerprint density at radius 2 is 1.91 bits per heavy atom. The molecule has 0 spiro atoms. The lowest BCUT2D eigenvalue weighted by Gasteiger charge is -2.37. The van der Waals surface area contributed by atoms with Gasteiger partial charge in [-0.05, 0) is 32.9 Å². The Morgan fingerprint density at radius 3 is 2.48 bits per heavy atom. The van der Waals surface area contributed by atoms with Crippen molar-refractivity contribution in [3.63, 3.8) is 0 Å². The van der Waals surface area contributed by atoms with Crippen LogP contribution in [0.5, 0.6) is 0 Å². The minimum atomic E-state index is -0.362. The number of nitrogens with zero attached hydrogens (tertiary/aromatic N) is 1. The Kier molecular flexibility index (Phi) is 11.4. The second kappa shape index (κ2) is 11.4. The van der Waals surface area contributed by atoms with Crippen LogP contribution in [0.1, 0.15) is 19.8 Å². The van der Waals surface area contributed by atoms with E-state index < -0.39 is 0 Å². The van der Waals surface area contributed by atoms with Crippen LogP contribution in [0.4, 0.5) is 0 Å². The second-order valence-electron chi connectivity index (χ2n) is 6.25. The number of methoxy groups -OCH3 is 1. The number of rotatable bonds is 6. The van der Waals surface area contributed by atoms with E-state index in [1.54, 1.807) is 7.11 Å². The molecule has 2 aliphatic rings. The van der Waals surface area contributed by atoms with Crippen LogP contribution in [0.25, 0.3) is 0 Å². The molecule has 0 aromatic rings. The average Bonchev–Trinajstić information content (AvgIpc) is 2.49. The van der Waals surface area contributed by atoms with Crippen molar-refractivity contribution < 1.29 is 14.3 Å². The molecule has 2 N–H and O–H groups in total. The van der Waals surface area contributed by atoms with Crippen molar-refractivity contribution in [2.24, 2.45) is 5.41 Å². The van der Waals surface area contributed by atoms with Gasteiger partial charge in [-0.3, -0.25) is 9.69 Å². The molecule has 2 rings (SSSR count). The molecule has 1 atom stereocenters. The second-order valence-corrected chi connectivity index (χ2v) is 6.25. The Morgan fingerprint density at radius 1 is 1.30 bits per heavy atom. The summed E-state index contributed by atoms with van der Waals surface area (Å²) < 4.78 is 10.7. The van der Waals surface area contributed by atoms with Crippen LogP contribution >= 0.6 is 24.8 Å². The van der Waals surface area contributed by atoms with Gasteiger partial charge < -0.3 is 20.1 Å². The van der Waals surface area contributed by atoms with Gasteiger partial charge in [0.25, 0.3) is 0 Å². The molecule has 0 aliphatic carbocycles. The lowest BCUT2D eigenvalue weighted by molar-refractivity contribution is -0.137. The fourth-order valence-electron chi connectivity index (χ4n) is 3.21. The summed E-state index contributed by atoms with van der Waals surface area (Å²) in [6.07, 6.45) is 1.69. The third-order valence-corrected chi connectivity index (χ3v) is 4.48. The molecule has 0 saturated carbocycles. The zero-order chi connectivity index (χ0) is 15.1. The molecule has 2 heterocycles. The van der Waals surface area contributed by atoms with Crippen LogP contribution in [0.3, 0.4) is 0 Å². The van der Waals surface area contributed by atoms with Gasteiger partial charge in [0.1, 0.15) is 0 Å². The number of hydrogen-bond donors (Lipinski definition) is 2. The van der Waals surface area contributed by atoms with Gasteiger partial charge >= 0.3 is 0 Å². The monoisotopic (exact) mass is 371 g/mol. The smallest absolute Gasteiger partial charge is 0.228 e. The Hall–Kier alpha value is -0.110. The van der Waals surface area contributed by atoms with Crippen molar-refractivity contribution in [1.82, 2.24) is 15.5 Å². The fraction of sp³-hybridized carbons (Fsp3) is 0.933. The van der Waals surface area contributed by atoms with E-state index in [0.717, 1.165) is 58.8 Å². The molecule has 1 unspecified atom stereocenters. The largest absolute Gasteiger partial charge is 0.384 e. The standard InChI is InChI=1S/C15H29N3O3.2ClH/c1-13(11-18-7-9-21-10-8-18)17-14(19)15(12-20-2)3-5-16-6-4-15;;/h13,16H,3-12H2,1-2H3,(H,17,19);2*1H. The van der Waals surface area contributed by atoms with Gasteiger partial charge in [0, 0.05) is 32.8 Å². The number of carbonyl (C=O) groups is 1. The van der Waals surface area contributed by atoms with E-state index in [1.807, 2.05) is 0 Å². The maximum atomic E-state index is 12.7. The molecule has 2 aliphatic heterocycles. The summed E-state index contributed by atoms with van der Waals surface area (Å²) >= 11 is 0. The average molecular weight is 372 g/mol. The molecular formula is C15H31Cl2N3O3. The summed E-state index contributed by atoms with van der Waals surface area (Å²) in [5, 5.41) is 6.51. The number of hydrogen-bond acceptors (Lipinski definition) is 5. The number of carbonyl (C=O) groups excluding carboxylic acids is 1. The predicted molar refractivity (Wildman–Crippen MR) is 95.8 cm³/mol. The number of amides is 1. The Balaban J connectivity index is 0.00000242. The zero-order valence-electron chi connectivity index (χ0n) is 14.1. The maximum absolute atomic E-state index is 12.7. The first-order chi connectivity index (χ1) is 10.2. The van der Waals surface area contributed by atoms with E-state index in [2.05, 4.69) is 22.5 Å². The Bertz CT molecular complexity index is 330. The number of nitrogens with one attached hydrogen (secondary N) is 2. The number of piperidine rings is 1. The lowest BCUT2D eigenvalue weighted by Crippen LogP contribution is -2.54. The Labute approximate surface area is 151 Å². The van der Waals surface area contributed by atoms with Crippen molar-refractivity contribution in [3.05, 3.63) is 0 Å². The minimum absolute atomic E-state index is 0. The lowest BCUT2D eigenvalue weighted by atomic mass is 9.78. The van der Waals surface area contributed by atoms with E-state index in [4.69, 9.17) is 9.47 Å². The molecule has 6 nitrogen and oxygen atoms in total. The normalized spacial score (nSPS) is 22.3. The van der Waals surface area contributed by atoms with Gasteiger partial charge in [-0.1, -0.05) is 0 Å². The van der Waals surface area contributed by atoms with Crippen molar-refractivity contribution in [2.75, 3.05) is 59.7 Å². The first-order valence-corrected chi connectivity index (χ1v) is 7.97. The number of ether oxygens (including phenoxy) is 2. The predicted octanol–water partition coefficient (Wildman–Crippen LogP) is 0.683. The highest BCUT2D eigenvalue weighted by atomic mass is 35.5. The van der Waals surface area contributed by atoms with Gasteiger partial charge in [-0.15, -0.1) is 24.8 Å². The van der Waals surface area contributed by atoms with Crippen LogP contribution in [0, 0.1) is 5.41 Å². The molecule has 8 heteroatoms. The van der Waals surface area contributed by atoms with Gasteiger partial charge in [-0.25, -0.2) is 0 Å².